The molecule has 1 amide bonds. The maximum absolute atomic E-state index is 14.4. The van der Waals surface area contributed by atoms with Crippen molar-refractivity contribution in [3.8, 4) is 0 Å². The minimum atomic E-state index is -0.704. The van der Waals surface area contributed by atoms with Gasteiger partial charge in [0.2, 0.25) is 5.91 Å². The lowest BCUT2D eigenvalue weighted by Gasteiger charge is -2.18. The molecule has 0 N–H and O–H groups in total. The minimum absolute atomic E-state index is 0.01000. The molecule has 0 bridgehead atoms. The summed E-state index contributed by atoms with van der Waals surface area (Å²) in [5.74, 6) is -0.227. The van der Waals surface area contributed by atoms with Gasteiger partial charge in [0.05, 0.1) is 30.2 Å². The standard InChI is InChI=1S/C31H24FN3O/c32-25-13-14-28-26(16-25)31(30(36)34(28)19-21-7-3-1-4-8-21)17-27(31)23-11-12-24-18-33-35(29(24)15-23)20-22-9-5-2-6-10-22/h1-16,18,27H,17,19-20H2/t27?,31-/m0/s1. The molecule has 2 heterocycles. The van der Waals surface area contributed by atoms with Crippen LogP contribution in [-0.4, -0.2) is 15.7 Å². The van der Waals surface area contributed by atoms with Crippen LogP contribution in [0.3, 0.4) is 0 Å². The van der Waals surface area contributed by atoms with Gasteiger partial charge in [-0.25, -0.2) is 4.39 Å². The number of nitrogens with zero attached hydrogens (tertiary/aromatic N) is 3. The second-order valence-electron chi connectivity index (χ2n) is 9.87. The summed E-state index contributed by atoms with van der Waals surface area (Å²) in [7, 11) is 0. The van der Waals surface area contributed by atoms with E-state index in [1.807, 2.05) is 64.3 Å². The summed E-state index contributed by atoms with van der Waals surface area (Å²) in [6, 6.07) is 31.3. The van der Waals surface area contributed by atoms with Crippen LogP contribution in [0, 0.1) is 5.82 Å². The van der Waals surface area contributed by atoms with E-state index in [9.17, 15) is 9.18 Å². The molecule has 0 saturated heterocycles. The van der Waals surface area contributed by atoms with Gasteiger partial charge in [0.15, 0.2) is 0 Å². The average molecular weight is 474 g/mol. The highest BCUT2D eigenvalue weighted by atomic mass is 19.1. The third-order valence-electron chi connectivity index (χ3n) is 7.75. The van der Waals surface area contributed by atoms with E-state index in [4.69, 9.17) is 0 Å². The number of amides is 1. The van der Waals surface area contributed by atoms with E-state index >= 15 is 0 Å². The van der Waals surface area contributed by atoms with Gasteiger partial charge in [-0.2, -0.15) is 5.10 Å². The summed E-state index contributed by atoms with van der Waals surface area (Å²) in [6.07, 6.45) is 2.57. The van der Waals surface area contributed by atoms with Crippen LogP contribution in [0.4, 0.5) is 10.1 Å². The van der Waals surface area contributed by atoms with Crippen molar-refractivity contribution in [2.45, 2.75) is 30.8 Å². The highest BCUT2D eigenvalue weighted by Gasteiger charge is 2.67. The van der Waals surface area contributed by atoms with Crippen molar-refractivity contribution in [3.63, 3.8) is 0 Å². The Morgan fingerprint density at radius 2 is 1.58 bits per heavy atom. The van der Waals surface area contributed by atoms with Gasteiger partial charge < -0.3 is 4.90 Å². The maximum atomic E-state index is 14.4. The van der Waals surface area contributed by atoms with Crippen molar-refractivity contribution >= 4 is 22.5 Å². The fourth-order valence-corrected chi connectivity index (χ4v) is 5.88. The van der Waals surface area contributed by atoms with Crippen LogP contribution in [-0.2, 0) is 23.3 Å². The molecule has 7 rings (SSSR count). The smallest absolute Gasteiger partial charge is 0.238 e. The first-order valence-corrected chi connectivity index (χ1v) is 12.3. The Morgan fingerprint density at radius 1 is 0.861 bits per heavy atom. The monoisotopic (exact) mass is 473 g/mol. The van der Waals surface area contributed by atoms with Crippen molar-refractivity contribution in [2.75, 3.05) is 4.90 Å². The number of benzene rings is 4. The molecule has 176 valence electrons. The molecular weight excluding hydrogens is 449 g/mol. The number of rotatable bonds is 5. The van der Waals surface area contributed by atoms with Crippen molar-refractivity contribution in [3.05, 3.63) is 131 Å². The summed E-state index contributed by atoms with van der Waals surface area (Å²) in [5, 5.41) is 5.68. The van der Waals surface area contributed by atoms with Gasteiger partial charge in [-0.05, 0) is 52.9 Å². The highest BCUT2D eigenvalue weighted by molar-refractivity contribution is 6.11. The zero-order valence-electron chi connectivity index (χ0n) is 19.6. The number of aromatic nitrogens is 2. The molecule has 36 heavy (non-hydrogen) atoms. The third-order valence-corrected chi connectivity index (χ3v) is 7.75. The topological polar surface area (TPSA) is 38.1 Å². The third kappa shape index (κ3) is 3.19. The van der Waals surface area contributed by atoms with E-state index in [0.29, 0.717) is 19.5 Å². The van der Waals surface area contributed by atoms with E-state index < -0.39 is 5.41 Å². The fraction of sp³-hybridized carbons (Fsp3) is 0.161. The van der Waals surface area contributed by atoms with E-state index in [1.165, 1.54) is 11.6 Å². The molecule has 1 aliphatic carbocycles. The van der Waals surface area contributed by atoms with Crippen LogP contribution in [0.15, 0.2) is 103 Å². The number of hydrogen-bond acceptors (Lipinski definition) is 2. The Bertz CT molecular complexity index is 1610. The summed E-state index contributed by atoms with van der Waals surface area (Å²) >= 11 is 0. The van der Waals surface area contributed by atoms with Crippen LogP contribution in [0.25, 0.3) is 10.9 Å². The van der Waals surface area contributed by atoms with Gasteiger partial charge >= 0.3 is 0 Å². The molecule has 2 atom stereocenters. The second-order valence-corrected chi connectivity index (χ2v) is 9.87. The molecule has 2 aliphatic rings. The second kappa shape index (κ2) is 7.89. The fourth-order valence-electron chi connectivity index (χ4n) is 5.88. The van der Waals surface area contributed by atoms with Crippen LogP contribution in [0.1, 0.15) is 34.6 Å². The Balaban J connectivity index is 1.26. The normalized spacial score (nSPS) is 20.3. The summed E-state index contributed by atoms with van der Waals surface area (Å²) in [4.78, 5) is 15.8. The maximum Gasteiger partial charge on any atom is 0.238 e. The number of carbonyl (C=O) groups is 1. The summed E-state index contributed by atoms with van der Waals surface area (Å²) in [5.41, 5.74) is 5.31. The van der Waals surface area contributed by atoms with Crippen LogP contribution in [0.5, 0.6) is 0 Å². The van der Waals surface area contributed by atoms with Gasteiger partial charge in [-0.15, -0.1) is 0 Å². The molecule has 4 aromatic carbocycles. The minimum Gasteiger partial charge on any atom is -0.307 e. The van der Waals surface area contributed by atoms with E-state index in [1.54, 1.807) is 12.1 Å². The Labute approximate surface area is 208 Å². The highest BCUT2D eigenvalue weighted by Crippen LogP contribution is 2.66. The van der Waals surface area contributed by atoms with Gasteiger partial charge in [0, 0.05) is 17.0 Å². The van der Waals surface area contributed by atoms with E-state index in [-0.39, 0.29) is 17.6 Å². The molecule has 1 spiro atoms. The van der Waals surface area contributed by atoms with Gasteiger partial charge in [0.25, 0.3) is 0 Å². The lowest BCUT2D eigenvalue weighted by atomic mass is 9.91. The number of anilines is 1. The summed E-state index contributed by atoms with van der Waals surface area (Å²) < 4.78 is 16.4. The first-order chi connectivity index (χ1) is 17.6. The molecule has 1 aliphatic heterocycles. The van der Waals surface area contributed by atoms with Crippen molar-refractivity contribution in [2.24, 2.45) is 0 Å². The molecule has 1 saturated carbocycles. The van der Waals surface area contributed by atoms with E-state index in [0.717, 1.165) is 33.3 Å². The van der Waals surface area contributed by atoms with Crippen LogP contribution < -0.4 is 4.90 Å². The zero-order chi connectivity index (χ0) is 24.3. The Hall–Kier alpha value is -4.25. The average Bonchev–Trinajstić information content (AvgIpc) is 3.49. The lowest BCUT2D eigenvalue weighted by molar-refractivity contribution is -0.120. The lowest BCUT2D eigenvalue weighted by Crippen LogP contribution is -2.32. The number of fused-ring (bicyclic) bond motifs is 3. The SMILES string of the molecule is O=C1N(Cc2ccccc2)c2ccc(F)cc2[C@]12CC2c1ccc2cnn(Cc3ccccc3)c2c1. The Morgan fingerprint density at radius 3 is 2.33 bits per heavy atom. The largest absolute Gasteiger partial charge is 0.307 e. The molecule has 5 aromatic rings. The van der Waals surface area contributed by atoms with Gasteiger partial charge in [-0.3, -0.25) is 9.48 Å². The van der Waals surface area contributed by atoms with E-state index in [2.05, 4.69) is 35.4 Å². The first-order valence-electron chi connectivity index (χ1n) is 12.3. The molecule has 5 heteroatoms. The number of halogens is 1. The quantitative estimate of drug-likeness (QED) is 0.305. The molecule has 0 radical (unpaired) electrons. The number of hydrogen-bond donors (Lipinski definition) is 0. The van der Waals surface area contributed by atoms with Gasteiger partial charge in [0.1, 0.15) is 5.82 Å². The predicted octanol–water partition coefficient (Wildman–Crippen LogP) is 6.20. The molecule has 1 unspecified atom stereocenters. The molecular formula is C31H24FN3O. The van der Waals surface area contributed by atoms with Crippen LogP contribution >= 0.6 is 0 Å². The Kier molecular flexibility index (Phi) is 4.61. The number of carbonyl (C=O) groups excluding carboxylic acids is 1. The predicted molar refractivity (Wildman–Crippen MR) is 138 cm³/mol. The zero-order valence-corrected chi connectivity index (χ0v) is 19.6. The molecule has 1 fully saturated rings. The summed E-state index contributed by atoms with van der Waals surface area (Å²) in [6.45, 7) is 1.16. The van der Waals surface area contributed by atoms with Crippen molar-refractivity contribution in [1.82, 2.24) is 9.78 Å². The molecule has 1 aromatic heterocycles. The van der Waals surface area contributed by atoms with Crippen molar-refractivity contribution < 1.29 is 9.18 Å². The molecule has 4 nitrogen and oxygen atoms in total. The first kappa shape index (κ1) is 21.1. The van der Waals surface area contributed by atoms with Crippen molar-refractivity contribution in [1.29, 1.82) is 0 Å². The van der Waals surface area contributed by atoms with Crippen LogP contribution in [0.2, 0.25) is 0 Å². The van der Waals surface area contributed by atoms with Gasteiger partial charge in [-0.1, -0.05) is 72.8 Å².